The van der Waals surface area contributed by atoms with Crippen molar-refractivity contribution in [2.24, 2.45) is 0 Å². The van der Waals surface area contributed by atoms with E-state index in [0.29, 0.717) is 12.5 Å². The molecule has 116 valence electrons. The average Bonchev–Trinajstić information content (AvgIpc) is 2.34. The second kappa shape index (κ2) is 5.18. The summed E-state index contributed by atoms with van der Waals surface area (Å²) >= 11 is 0. The zero-order valence-electron chi connectivity index (χ0n) is 11.3. The fraction of sp³-hybridized carbons (Fsp3) is 0.538. The second-order valence-corrected chi connectivity index (χ2v) is 5.25. The number of carbonyl (C=O) groups excluding carboxylic acids is 1. The Kier molecular flexibility index (Phi) is 3.83. The number of amides is 1. The second-order valence-electron chi connectivity index (χ2n) is 5.25. The van der Waals surface area contributed by atoms with Gasteiger partial charge in [0.1, 0.15) is 11.3 Å². The number of pyridine rings is 1. The van der Waals surface area contributed by atoms with Crippen molar-refractivity contribution in [3.63, 3.8) is 0 Å². The Bertz CT molecular complexity index is 603. The van der Waals surface area contributed by atoms with Gasteiger partial charge in [0.05, 0.1) is 18.7 Å². The predicted octanol–water partition coefficient (Wildman–Crippen LogP) is 1.38. The number of nitrogens with zero attached hydrogens (tertiary/aromatic N) is 1. The van der Waals surface area contributed by atoms with Crippen LogP contribution in [-0.4, -0.2) is 39.6 Å². The van der Waals surface area contributed by atoms with E-state index in [4.69, 9.17) is 0 Å². The average molecular weight is 304 g/mol. The van der Waals surface area contributed by atoms with Crippen LogP contribution in [0.4, 0.5) is 13.2 Å². The van der Waals surface area contributed by atoms with Crippen LogP contribution in [0.3, 0.4) is 0 Å². The summed E-state index contributed by atoms with van der Waals surface area (Å²) < 4.78 is 37.3. The lowest BCUT2D eigenvalue weighted by molar-refractivity contribution is -0.141. The normalized spacial score (nSPS) is 17.5. The van der Waals surface area contributed by atoms with Gasteiger partial charge in [0.2, 0.25) is 0 Å². The maximum atomic E-state index is 12.4. The van der Waals surface area contributed by atoms with Crippen LogP contribution in [0, 0.1) is 0 Å². The van der Waals surface area contributed by atoms with Crippen LogP contribution in [0.5, 0.6) is 0 Å². The van der Waals surface area contributed by atoms with Gasteiger partial charge in [0.25, 0.3) is 11.5 Å². The first-order valence-electron chi connectivity index (χ1n) is 6.48. The largest absolute Gasteiger partial charge is 0.431 e. The molecule has 1 aliphatic heterocycles. The number of aromatic nitrogens is 1. The number of H-pyrrole nitrogens is 1. The molecule has 0 saturated carbocycles. The van der Waals surface area contributed by atoms with Crippen molar-refractivity contribution in [1.29, 1.82) is 0 Å². The minimum Gasteiger partial charge on any atom is -0.386 e. The van der Waals surface area contributed by atoms with Crippen molar-refractivity contribution in [2.45, 2.75) is 31.5 Å². The van der Waals surface area contributed by atoms with E-state index in [9.17, 15) is 27.9 Å². The van der Waals surface area contributed by atoms with Gasteiger partial charge in [-0.25, -0.2) is 0 Å². The van der Waals surface area contributed by atoms with E-state index >= 15 is 0 Å². The molecule has 8 heteroatoms. The Morgan fingerprint density at radius 3 is 2.52 bits per heavy atom. The van der Waals surface area contributed by atoms with Gasteiger partial charge in [-0.1, -0.05) is 13.3 Å². The molecule has 1 aromatic rings. The minimum atomic E-state index is -4.67. The van der Waals surface area contributed by atoms with Crippen molar-refractivity contribution >= 4 is 5.91 Å². The monoisotopic (exact) mass is 304 g/mol. The summed E-state index contributed by atoms with van der Waals surface area (Å²) in [4.78, 5) is 26.5. The molecular weight excluding hydrogens is 289 g/mol. The summed E-state index contributed by atoms with van der Waals surface area (Å²) in [5, 5.41) is 9.97. The first-order valence-corrected chi connectivity index (χ1v) is 6.48. The highest BCUT2D eigenvalue weighted by Gasteiger charge is 2.43. The van der Waals surface area contributed by atoms with Gasteiger partial charge in [-0.3, -0.25) is 9.59 Å². The number of hydrogen-bond donors (Lipinski definition) is 2. The zero-order chi connectivity index (χ0) is 15.8. The van der Waals surface area contributed by atoms with Crippen LogP contribution in [-0.2, 0) is 6.18 Å². The number of nitrogens with one attached hydrogen (secondary N) is 1. The van der Waals surface area contributed by atoms with Gasteiger partial charge in [-0.05, 0) is 18.6 Å². The van der Waals surface area contributed by atoms with Gasteiger partial charge in [0.15, 0.2) is 0 Å². The summed E-state index contributed by atoms with van der Waals surface area (Å²) in [5.74, 6) is -0.675. The molecule has 1 fully saturated rings. The molecule has 5 nitrogen and oxygen atoms in total. The highest BCUT2D eigenvalue weighted by Crippen LogP contribution is 2.28. The quantitative estimate of drug-likeness (QED) is 0.886. The number of hydrogen-bond acceptors (Lipinski definition) is 3. The minimum absolute atomic E-state index is 0.0835. The molecule has 0 bridgehead atoms. The van der Waals surface area contributed by atoms with E-state index < -0.39 is 28.9 Å². The molecule has 1 aromatic heterocycles. The number of aromatic amines is 1. The fourth-order valence-corrected chi connectivity index (χ4v) is 2.41. The Hall–Kier alpha value is -1.83. The third-order valence-corrected chi connectivity index (χ3v) is 3.42. The maximum absolute atomic E-state index is 12.4. The van der Waals surface area contributed by atoms with Gasteiger partial charge in [-0.15, -0.1) is 0 Å². The maximum Gasteiger partial charge on any atom is 0.431 e. The molecule has 0 aliphatic carbocycles. The first-order chi connectivity index (χ1) is 9.66. The molecule has 0 unspecified atom stereocenters. The molecule has 0 atom stereocenters. The van der Waals surface area contributed by atoms with Gasteiger partial charge in [-0.2, -0.15) is 13.2 Å². The lowest BCUT2D eigenvalue weighted by atomic mass is 9.89. The molecule has 0 radical (unpaired) electrons. The lowest BCUT2D eigenvalue weighted by Crippen LogP contribution is -2.63. The van der Waals surface area contributed by atoms with Gasteiger partial charge in [0, 0.05) is 0 Å². The fourth-order valence-electron chi connectivity index (χ4n) is 2.41. The van der Waals surface area contributed by atoms with Crippen molar-refractivity contribution in [3.05, 3.63) is 33.7 Å². The van der Waals surface area contributed by atoms with Crippen LogP contribution in [0.1, 0.15) is 35.8 Å². The zero-order valence-corrected chi connectivity index (χ0v) is 11.3. The number of likely N-dealkylation sites (tertiary alicyclic amines) is 1. The Morgan fingerprint density at radius 2 is 2.05 bits per heavy atom. The molecule has 1 aliphatic rings. The van der Waals surface area contributed by atoms with Crippen LogP contribution >= 0.6 is 0 Å². The van der Waals surface area contributed by atoms with Crippen LogP contribution in [0.2, 0.25) is 0 Å². The van der Waals surface area contributed by atoms with E-state index in [-0.39, 0.29) is 18.7 Å². The van der Waals surface area contributed by atoms with E-state index in [1.54, 1.807) is 4.98 Å². The third kappa shape index (κ3) is 3.10. The Balaban J connectivity index is 2.14. The summed E-state index contributed by atoms with van der Waals surface area (Å²) in [6.07, 6.45) is -3.39. The summed E-state index contributed by atoms with van der Waals surface area (Å²) in [6, 6.07) is 1.52. The molecular formula is C13H15F3N2O3. The van der Waals surface area contributed by atoms with Crippen LogP contribution < -0.4 is 5.56 Å². The molecule has 1 saturated heterocycles. The van der Waals surface area contributed by atoms with Crippen molar-refractivity contribution in [1.82, 2.24) is 9.88 Å². The smallest absolute Gasteiger partial charge is 0.386 e. The standard InChI is InChI=1S/C13H15F3N2O3/c1-2-5-12(21)6-18(7-12)11(20)8-3-4-9(13(14,15)16)17-10(8)19/h3-4,21H,2,5-7H2,1H3,(H,17,19). The first kappa shape index (κ1) is 15.6. The van der Waals surface area contributed by atoms with E-state index in [1.165, 1.54) is 4.90 Å². The van der Waals surface area contributed by atoms with Gasteiger partial charge < -0.3 is 15.0 Å². The van der Waals surface area contributed by atoms with Crippen molar-refractivity contribution < 1.29 is 23.1 Å². The number of halogens is 3. The molecule has 2 rings (SSSR count). The van der Waals surface area contributed by atoms with Crippen LogP contribution in [0.15, 0.2) is 16.9 Å². The summed E-state index contributed by atoms with van der Waals surface area (Å²) in [7, 11) is 0. The van der Waals surface area contributed by atoms with Crippen molar-refractivity contribution in [3.8, 4) is 0 Å². The number of rotatable bonds is 3. The summed E-state index contributed by atoms with van der Waals surface area (Å²) in [5.41, 5.74) is -3.60. The molecule has 21 heavy (non-hydrogen) atoms. The molecule has 1 amide bonds. The summed E-state index contributed by atoms with van der Waals surface area (Å²) in [6.45, 7) is 2.06. The number of carbonyl (C=O) groups is 1. The topological polar surface area (TPSA) is 73.4 Å². The third-order valence-electron chi connectivity index (χ3n) is 3.42. The lowest BCUT2D eigenvalue weighted by Gasteiger charge is -2.46. The Morgan fingerprint density at radius 1 is 1.43 bits per heavy atom. The number of alkyl halides is 3. The molecule has 2 heterocycles. The van der Waals surface area contributed by atoms with E-state index in [0.717, 1.165) is 12.5 Å². The highest BCUT2D eigenvalue weighted by molar-refractivity contribution is 5.94. The van der Waals surface area contributed by atoms with Crippen LogP contribution in [0.25, 0.3) is 0 Å². The molecule has 2 N–H and O–H groups in total. The predicted molar refractivity (Wildman–Crippen MR) is 67.8 cm³/mol. The highest BCUT2D eigenvalue weighted by atomic mass is 19.4. The number of β-amino-alcohol motifs (C(OH)–C–C–N with tert-alkyl or cyclic N) is 1. The van der Waals surface area contributed by atoms with Gasteiger partial charge >= 0.3 is 6.18 Å². The molecule has 0 aromatic carbocycles. The van der Waals surface area contributed by atoms with Crippen molar-refractivity contribution in [2.75, 3.05) is 13.1 Å². The molecule has 0 spiro atoms. The van der Waals surface area contributed by atoms with E-state index in [2.05, 4.69) is 0 Å². The number of aliphatic hydroxyl groups is 1. The Labute approximate surface area is 118 Å². The SMILES string of the molecule is CCCC1(O)CN(C(=O)c2ccc(C(F)(F)F)[nH]c2=O)C1. The van der Waals surface area contributed by atoms with E-state index in [1.807, 2.05) is 6.92 Å².